The van der Waals surface area contributed by atoms with Gasteiger partial charge in [0.1, 0.15) is 11.3 Å². The Hall–Kier alpha value is -1.76. The number of ether oxygens (including phenoxy) is 1. The van der Waals surface area contributed by atoms with Gasteiger partial charge in [-0.25, -0.2) is 4.98 Å². The molecule has 0 unspecified atom stereocenters. The van der Waals surface area contributed by atoms with E-state index in [9.17, 15) is 4.79 Å². The van der Waals surface area contributed by atoms with E-state index in [1.54, 1.807) is 37.1 Å². The van der Waals surface area contributed by atoms with Crippen LogP contribution in [0.25, 0.3) is 10.2 Å². The van der Waals surface area contributed by atoms with E-state index in [2.05, 4.69) is 17.2 Å². The molecule has 2 aromatic carbocycles. The Kier molecular flexibility index (Phi) is 5.28. The fraction of sp³-hybridized carbons (Fsp3) is 0.176. The van der Waals surface area contributed by atoms with Crippen molar-refractivity contribution in [1.82, 2.24) is 4.98 Å². The van der Waals surface area contributed by atoms with Crippen molar-refractivity contribution in [3.8, 4) is 5.75 Å². The van der Waals surface area contributed by atoms with Gasteiger partial charge in [0.15, 0.2) is 5.13 Å². The Labute approximate surface area is 153 Å². The van der Waals surface area contributed by atoms with Gasteiger partial charge in [-0.2, -0.15) is 0 Å². The van der Waals surface area contributed by atoms with Crippen LogP contribution in [0, 0.1) is 0 Å². The predicted octanol–water partition coefficient (Wildman–Crippen LogP) is 5.32. The van der Waals surface area contributed by atoms with E-state index in [0.29, 0.717) is 27.0 Å². The van der Waals surface area contributed by atoms with Crippen molar-refractivity contribution in [1.29, 1.82) is 0 Å². The quantitative estimate of drug-likeness (QED) is 0.610. The number of rotatable bonds is 5. The lowest BCUT2D eigenvalue weighted by atomic mass is 10.2. The third kappa shape index (κ3) is 3.50. The number of carbonyl (C=O) groups excluding carboxylic acids is 1. The average Bonchev–Trinajstić information content (AvgIpc) is 3.00. The molecule has 3 aromatic rings. The van der Waals surface area contributed by atoms with Crippen LogP contribution in [-0.4, -0.2) is 23.8 Å². The van der Waals surface area contributed by atoms with Crippen molar-refractivity contribution in [2.75, 3.05) is 18.2 Å². The van der Waals surface area contributed by atoms with Crippen LogP contribution in [-0.2, 0) is 0 Å². The van der Waals surface area contributed by atoms with Crippen LogP contribution >= 0.6 is 34.7 Å². The fourth-order valence-corrected chi connectivity index (χ4v) is 4.10. The number of nitrogens with zero attached hydrogens (tertiary/aromatic N) is 1. The van der Waals surface area contributed by atoms with E-state index in [4.69, 9.17) is 16.3 Å². The third-order valence-electron chi connectivity index (χ3n) is 3.31. The summed E-state index contributed by atoms with van der Waals surface area (Å²) in [6.45, 7) is 2.08. The highest BCUT2D eigenvalue weighted by Crippen LogP contribution is 2.37. The molecule has 1 heterocycles. The van der Waals surface area contributed by atoms with Crippen LogP contribution < -0.4 is 10.1 Å². The molecule has 0 radical (unpaired) electrons. The zero-order chi connectivity index (χ0) is 17.1. The molecule has 0 spiro atoms. The monoisotopic (exact) mass is 378 g/mol. The minimum atomic E-state index is -0.192. The standard InChI is InChI=1S/C17H15ClN2O2S2/c1-3-23-11-6-4-5-10(9-11)16(21)20-17-19-14-13(22-2)8-7-12(18)15(14)24-17/h4-9H,3H2,1-2H3,(H,19,20,21). The maximum atomic E-state index is 12.5. The maximum absolute atomic E-state index is 12.5. The van der Waals surface area contributed by atoms with E-state index in [-0.39, 0.29) is 5.91 Å². The molecule has 3 rings (SSSR count). The first kappa shape index (κ1) is 17.1. The van der Waals surface area contributed by atoms with Crippen molar-refractivity contribution in [3.05, 3.63) is 47.0 Å². The number of aromatic nitrogens is 1. The summed E-state index contributed by atoms with van der Waals surface area (Å²) in [7, 11) is 1.58. The van der Waals surface area contributed by atoms with Crippen LogP contribution in [0.15, 0.2) is 41.3 Å². The van der Waals surface area contributed by atoms with Gasteiger partial charge in [-0.3, -0.25) is 10.1 Å². The van der Waals surface area contributed by atoms with Crippen LogP contribution in [0.5, 0.6) is 5.75 Å². The number of anilines is 1. The molecule has 4 nitrogen and oxygen atoms in total. The summed E-state index contributed by atoms with van der Waals surface area (Å²) in [6, 6.07) is 11.1. The van der Waals surface area contributed by atoms with Gasteiger partial charge in [0, 0.05) is 10.5 Å². The molecule has 24 heavy (non-hydrogen) atoms. The number of thiazole rings is 1. The minimum Gasteiger partial charge on any atom is -0.494 e. The van der Waals surface area contributed by atoms with E-state index >= 15 is 0 Å². The molecular formula is C17H15ClN2O2S2. The van der Waals surface area contributed by atoms with Crippen molar-refractivity contribution >= 4 is 56.0 Å². The zero-order valence-corrected chi connectivity index (χ0v) is 15.5. The molecule has 0 fully saturated rings. The second-order valence-corrected chi connectivity index (χ2v) is 7.61. The molecule has 0 saturated carbocycles. The Morgan fingerprint density at radius 2 is 2.21 bits per heavy atom. The summed E-state index contributed by atoms with van der Waals surface area (Å²) in [5.41, 5.74) is 1.26. The van der Waals surface area contributed by atoms with E-state index in [1.165, 1.54) is 11.3 Å². The van der Waals surface area contributed by atoms with E-state index in [1.807, 2.05) is 18.2 Å². The Bertz CT molecular complexity index is 895. The molecule has 1 amide bonds. The normalized spacial score (nSPS) is 10.8. The Morgan fingerprint density at radius 1 is 1.38 bits per heavy atom. The van der Waals surface area contributed by atoms with Crippen molar-refractivity contribution in [2.24, 2.45) is 0 Å². The van der Waals surface area contributed by atoms with Gasteiger partial charge in [0.25, 0.3) is 5.91 Å². The van der Waals surface area contributed by atoms with Gasteiger partial charge in [0.05, 0.1) is 16.8 Å². The fourth-order valence-electron chi connectivity index (χ4n) is 2.23. The first-order chi connectivity index (χ1) is 11.6. The lowest BCUT2D eigenvalue weighted by molar-refractivity contribution is 0.102. The Balaban J connectivity index is 1.88. The zero-order valence-electron chi connectivity index (χ0n) is 13.1. The van der Waals surface area contributed by atoms with Gasteiger partial charge in [-0.1, -0.05) is 35.9 Å². The van der Waals surface area contributed by atoms with Crippen molar-refractivity contribution < 1.29 is 9.53 Å². The van der Waals surface area contributed by atoms with Gasteiger partial charge in [-0.05, 0) is 36.1 Å². The first-order valence-corrected chi connectivity index (χ1v) is 9.47. The van der Waals surface area contributed by atoms with Crippen LogP contribution in [0.3, 0.4) is 0 Å². The van der Waals surface area contributed by atoms with Crippen LogP contribution in [0.4, 0.5) is 5.13 Å². The number of halogens is 1. The highest BCUT2D eigenvalue weighted by molar-refractivity contribution is 7.99. The smallest absolute Gasteiger partial charge is 0.257 e. The number of amides is 1. The Morgan fingerprint density at radius 3 is 2.96 bits per heavy atom. The second-order valence-electron chi connectivity index (χ2n) is 4.86. The number of benzene rings is 2. The minimum absolute atomic E-state index is 0.192. The lowest BCUT2D eigenvalue weighted by Gasteiger charge is -2.04. The highest BCUT2D eigenvalue weighted by Gasteiger charge is 2.15. The number of fused-ring (bicyclic) bond motifs is 1. The lowest BCUT2D eigenvalue weighted by Crippen LogP contribution is -2.11. The summed E-state index contributed by atoms with van der Waals surface area (Å²) in [5, 5.41) is 3.92. The summed E-state index contributed by atoms with van der Waals surface area (Å²) < 4.78 is 6.09. The van der Waals surface area contributed by atoms with Gasteiger partial charge in [-0.15, -0.1) is 11.8 Å². The first-order valence-electron chi connectivity index (χ1n) is 7.29. The number of hydrogen-bond donors (Lipinski definition) is 1. The second kappa shape index (κ2) is 7.42. The summed E-state index contributed by atoms with van der Waals surface area (Å²) in [4.78, 5) is 18.0. The van der Waals surface area contributed by atoms with Crippen molar-refractivity contribution in [2.45, 2.75) is 11.8 Å². The number of hydrogen-bond acceptors (Lipinski definition) is 5. The molecule has 124 valence electrons. The predicted molar refractivity (Wildman–Crippen MR) is 102 cm³/mol. The summed E-state index contributed by atoms with van der Waals surface area (Å²) in [6.07, 6.45) is 0. The summed E-state index contributed by atoms with van der Waals surface area (Å²) >= 11 is 9.24. The highest BCUT2D eigenvalue weighted by atomic mass is 35.5. The maximum Gasteiger partial charge on any atom is 0.257 e. The average molecular weight is 379 g/mol. The molecule has 1 aromatic heterocycles. The van der Waals surface area contributed by atoms with Crippen LogP contribution in [0.1, 0.15) is 17.3 Å². The summed E-state index contributed by atoms with van der Waals surface area (Å²) in [5.74, 6) is 1.40. The molecule has 7 heteroatoms. The van der Waals surface area contributed by atoms with Gasteiger partial charge in [0.2, 0.25) is 0 Å². The topological polar surface area (TPSA) is 51.2 Å². The molecule has 0 aliphatic heterocycles. The number of thioether (sulfide) groups is 1. The van der Waals surface area contributed by atoms with Crippen molar-refractivity contribution in [3.63, 3.8) is 0 Å². The molecule has 0 bridgehead atoms. The molecular weight excluding hydrogens is 364 g/mol. The molecule has 0 atom stereocenters. The largest absolute Gasteiger partial charge is 0.494 e. The SMILES string of the molecule is CCSc1cccc(C(=O)Nc2nc3c(OC)ccc(Cl)c3s2)c1. The van der Waals surface area contributed by atoms with E-state index in [0.717, 1.165) is 15.3 Å². The van der Waals surface area contributed by atoms with Gasteiger partial charge < -0.3 is 4.74 Å². The van der Waals surface area contributed by atoms with Gasteiger partial charge >= 0.3 is 0 Å². The molecule has 0 aliphatic rings. The van der Waals surface area contributed by atoms with Crippen LogP contribution in [0.2, 0.25) is 5.02 Å². The number of nitrogens with one attached hydrogen (secondary N) is 1. The molecule has 1 N–H and O–H groups in total. The number of carbonyl (C=O) groups is 1. The van der Waals surface area contributed by atoms with E-state index < -0.39 is 0 Å². The number of methoxy groups -OCH3 is 1. The molecule has 0 saturated heterocycles. The third-order valence-corrected chi connectivity index (χ3v) is 5.61. The molecule has 0 aliphatic carbocycles.